The minimum atomic E-state index is -4.67. The molecule has 0 amide bonds. The van der Waals surface area contributed by atoms with Gasteiger partial charge in [0.25, 0.3) is 0 Å². The molecule has 1 atom stereocenters. The minimum Gasteiger partial charge on any atom is -0.472 e. The Kier molecular flexibility index (Phi) is 7.79. The van der Waals surface area contributed by atoms with Crippen LogP contribution in [0.2, 0.25) is 10.0 Å². The second-order valence-corrected chi connectivity index (χ2v) is 11.6. The van der Waals surface area contributed by atoms with Gasteiger partial charge in [0.2, 0.25) is 17.5 Å². The summed E-state index contributed by atoms with van der Waals surface area (Å²) in [4.78, 5) is 15.1. The zero-order chi connectivity index (χ0) is 31.3. The Labute approximate surface area is 262 Å². The van der Waals surface area contributed by atoms with Gasteiger partial charge in [-0.25, -0.2) is 19.3 Å². The molecule has 0 unspecified atom stereocenters. The number of imidazole rings is 1. The van der Waals surface area contributed by atoms with Crippen LogP contribution in [0.5, 0.6) is 5.88 Å². The van der Waals surface area contributed by atoms with E-state index in [2.05, 4.69) is 30.2 Å². The maximum Gasteiger partial charge on any atom is 0.451 e. The van der Waals surface area contributed by atoms with Crippen LogP contribution in [0.3, 0.4) is 0 Å². The van der Waals surface area contributed by atoms with Crippen molar-refractivity contribution in [3.8, 4) is 17.4 Å². The third-order valence-electron chi connectivity index (χ3n) is 7.66. The SMILES string of the molecule is Fc1cc(Cl)ccc1COc1nc2c(cc1Cl)CCN(Cc1nc3cc(-c4n[nH]c(C(F)(F)F)n4)nnc3n1C[C@@H]1CCO1)C2. The Balaban J connectivity index is 1.13. The molecule has 0 radical (unpaired) electrons. The third-order valence-corrected chi connectivity index (χ3v) is 8.17. The first-order chi connectivity index (χ1) is 21.6. The molecule has 7 rings (SSSR count). The lowest BCUT2D eigenvalue weighted by Gasteiger charge is -2.30. The predicted molar refractivity (Wildman–Crippen MR) is 153 cm³/mol. The average Bonchev–Trinajstić information content (AvgIpc) is 3.60. The van der Waals surface area contributed by atoms with Crippen molar-refractivity contribution in [3.63, 3.8) is 0 Å². The van der Waals surface area contributed by atoms with Gasteiger partial charge in [-0.05, 0) is 42.7 Å². The largest absolute Gasteiger partial charge is 0.472 e. The number of pyridine rings is 1. The molecule has 0 aliphatic carbocycles. The zero-order valence-electron chi connectivity index (χ0n) is 23.3. The summed E-state index contributed by atoms with van der Waals surface area (Å²) in [7, 11) is 0. The quantitative estimate of drug-likeness (QED) is 0.218. The molecule has 11 nitrogen and oxygen atoms in total. The number of alkyl halides is 3. The molecule has 1 N–H and O–H groups in total. The predicted octanol–water partition coefficient (Wildman–Crippen LogP) is 5.40. The van der Waals surface area contributed by atoms with Gasteiger partial charge in [-0.1, -0.05) is 29.3 Å². The molecular formula is C28H23Cl2F4N9O2. The summed E-state index contributed by atoms with van der Waals surface area (Å²) >= 11 is 12.3. The van der Waals surface area contributed by atoms with Gasteiger partial charge in [-0.15, -0.1) is 10.2 Å². The summed E-state index contributed by atoms with van der Waals surface area (Å²) in [5.74, 6) is -1.06. The molecule has 1 fully saturated rings. The van der Waals surface area contributed by atoms with Gasteiger partial charge in [-0.3, -0.25) is 10.00 Å². The first-order valence-electron chi connectivity index (χ1n) is 13.9. The lowest BCUT2D eigenvalue weighted by atomic mass is 10.1. The number of rotatable bonds is 8. The number of fused-ring (bicyclic) bond motifs is 2. The third kappa shape index (κ3) is 6.17. The standard InChI is InChI=1S/C28H23Cl2F4N9O2/c29-16-2-1-15(19(31)8-16)13-45-26-18(30)7-14-3-5-42(11-22(14)36-26)12-23-35-21-9-20(24-37-27(41-39-24)28(32,33)34)38-40-25(21)43(23)10-17-4-6-44-17/h1-2,7-9,17H,3-6,10-13H2,(H,37,39,41)/t17-/m0/s1. The number of nitrogens with one attached hydrogen (secondary N) is 1. The number of hydrogen-bond donors (Lipinski definition) is 1. The monoisotopic (exact) mass is 663 g/mol. The summed E-state index contributed by atoms with van der Waals surface area (Å²) in [6.45, 7) is 2.68. The van der Waals surface area contributed by atoms with Gasteiger partial charge in [0.15, 0.2) is 5.65 Å². The molecule has 1 saturated heterocycles. The van der Waals surface area contributed by atoms with Gasteiger partial charge in [0.05, 0.1) is 24.9 Å². The summed E-state index contributed by atoms with van der Waals surface area (Å²) in [6, 6.07) is 7.69. The van der Waals surface area contributed by atoms with E-state index >= 15 is 0 Å². The van der Waals surface area contributed by atoms with Gasteiger partial charge < -0.3 is 14.0 Å². The average molecular weight is 664 g/mol. The second kappa shape index (κ2) is 11.8. The van der Waals surface area contributed by atoms with Gasteiger partial charge >= 0.3 is 6.18 Å². The highest BCUT2D eigenvalue weighted by Gasteiger charge is 2.35. The molecule has 45 heavy (non-hydrogen) atoms. The van der Waals surface area contributed by atoms with Crippen LogP contribution >= 0.6 is 23.2 Å². The van der Waals surface area contributed by atoms with E-state index in [1.54, 1.807) is 12.1 Å². The Morgan fingerprint density at radius 1 is 1.09 bits per heavy atom. The molecule has 6 heterocycles. The van der Waals surface area contributed by atoms with Crippen molar-refractivity contribution in [1.29, 1.82) is 0 Å². The Morgan fingerprint density at radius 2 is 1.93 bits per heavy atom. The lowest BCUT2D eigenvalue weighted by Crippen LogP contribution is -2.34. The van der Waals surface area contributed by atoms with Crippen LogP contribution in [0, 0.1) is 5.82 Å². The molecule has 0 saturated carbocycles. The van der Waals surface area contributed by atoms with Crippen molar-refractivity contribution < 1.29 is 27.0 Å². The molecule has 0 spiro atoms. The molecule has 0 bridgehead atoms. The topological polar surface area (TPSA) is 120 Å². The van der Waals surface area contributed by atoms with Gasteiger partial charge in [0.1, 0.15) is 34.5 Å². The van der Waals surface area contributed by atoms with Crippen LogP contribution in [0.4, 0.5) is 17.6 Å². The summed E-state index contributed by atoms with van der Waals surface area (Å²) < 4.78 is 66.8. The first kappa shape index (κ1) is 29.8. The number of nitrogens with zero attached hydrogens (tertiary/aromatic N) is 8. The van der Waals surface area contributed by atoms with E-state index in [0.29, 0.717) is 66.8 Å². The molecular weight excluding hydrogens is 641 g/mol. The van der Waals surface area contributed by atoms with Crippen LogP contribution in [-0.4, -0.2) is 64.1 Å². The molecule has 2 aliphatic rings. The van der Waals surface area contributed by atoms with E-state index in [1.807, 2.05) is 15.7 Å². The zero-order valence-corrected chi connectivity index (χ0v) is 24.8. The van der Waals surface area contributed by atoms with E-state index in [4.69, 9.17) is 37.7 Å². The summed E-state index contributed by atoms with van der Waals surface area (Å²) in [6.07, 6.45) is -3.13. The van der Waals surface area contributed by atoms with Crippen molar-refractivity contribution in [2.75, 3.05) is 13.2 Å². The van der Waals surface area contributed by atoms with E-state index < -0.39 is 17.8 Å². The number of H-pyrrole nitrogens is 1. The Hall–Kier alpha value is -3.92. The number of aromatic amines is 1. The summed E-state index contributed by atoms with van der Waals surface area (Å²) in [5.41, 5.74) is 3.06. The first-order valence-corrected chi connectivity index (χ1v) is 14.7. The lowest BCUT2D eigenvalue weighted by molar-refractivity contribution is -0.144. The van der Waals surface area contributed by atoms with Crippen molar-refractivity contribution >= 4 is 34.4 Å². The number of benzene rings is 1. The van der Waals surface area contributed by atoms with E-state index in [0.717, 1.165) is 17.7 Å². The number of hydrogen-bond acceptors (Lipinski definition) is 9. The maximum absolute atomic E-state index is 14.3. The van der Waals surface area contributed by atoms with Gasteiger partial charge in [0, 0.05) is 30.3 Å². The van der Waals surface area contributed by atoms with E-state index in [-0.39, 0.29) is 35.1 Å². The van der Waals surface area contributed by atoms with Crippen LogP contribution in [0.15, 0.2) is 30.3 Å². The molecule has 1 aromatic carbocycles. The summed E-state index contributed by atoms with van der Waals surface area (Å²) in [5, 5.41) is 14.6. The van der Waals surface area contributed by atoms with Crippen molar-refractivity contribution in [3.05, 3.63) is 74.7 Å². The molecule has 4 aromatic heterocycles. The second-order valence-electron chi connectivity index (χ2n) is 10.7. The molecule has 234 valence electrons. The fraction of sp³-hybridized carbons (Fsp3) is 0.357. The van der Waals surface area contributed by atoms with Crippen molar-refractivity contribution in [1.82, 2.24) is 44.8 Å². The normalized spacial score (nSPS) is 17.0. The number of ether oxygens (including phenoxy) is 2. The highest BCUT2D eigenvalue weighted by atomic mass is 35.5. The van der Waals surface area contributed by atoms with Gasteiger partial charge in [-0.2, -0.15) is 18.3 Å². The highest BCUT2D eigenvalue weighted by molar-refractivity contribution is 6.32. The van der Waals surface area contributed by atoms with E-state index in [9.17, 15) is 17.6 Å². The molecule has 5 aromatic rings. The minimum absolute atomic E-state index is 0.0129. The van der Waals surface area contributed by atoms with Crippen LogP contribution < -0.4 is 4.74 Å². The Bertz CT molecular complexity index is 1890. The highest BCUT2D eigenvalue weighted by Crippen LogP contribution is 2.31. The van der Waals surface area contributed by atoms with Crippen LogP contribution in [0.1, 0.15) is 34.9 Å². The van der Waals surface area contributed by atoms with Crippen LogP contribution in [0.25, 0.3) is 22.7 Å². The fourth-order valence-corrected chi connectivity index (χ4v) is 5.61. The maximum atomic E-state index is 14.3. The number of aromatic nitrogens is 8. The van der Waals surface area contributed by atoms with Crippen LogP contribution in [-0.2, 0) is 43.6 Å². The molecule has 17 heteroatoms. The van der Waals surface area contributed by atoms with Crippen molar-refractivity contribution in [2.45, 2.75) is 51.4 Å². The van der Waals surface area contributed by atoms with Crippen molar-refractivity contribution in [2.24, 2.45) is 0 Å². The fourth-order valence-electron chi connectivity index (χ4n) is 5.22. The Morgan fingerprint density at radius 3 is 2.67 bits per heavy atom. The molecule has 2 aliphatic heterocycles. The number of halogens is 6. The smallest absolute Gasteiger partial charge is 0.451 e. The van der Waals surface area contributed by atoms with E-state index in [1.165, 1.54) is 12.1 Å².